The van der Waals surface area contributed by atoms with Crippen LogP contribution in [-0.2, 0) is 0 Å². The molecule has 0 bridgehead atoms. The summed E-state index contributed by atoms with van der Waals surface area (Å²) in [5, 5.41) is 6.66. The lowest BCUT2D eigenvalue weighted by Gasteiger charge is -2.16. The summed E-state index contributed by atoms with van der Waals surface area (Å²) in [6.45, 7) is 3.74. The molecule has 0 amide bonds. The van der Waals surface area contributed by atoms with Gasteiger partial charge in [0.25, 0.3) is 0 Å². The summed E-state index contributed by atoms with van der Waals surface area (Å²) < 4.78 is 19.0. The second-order valence-corrected chi connectivity index (χ2v) is 6.76. The Bertz CT molecular complexity index is 880. The second kappa shape index (κ2) is 9.90. The lowest BCUT2D eigenvalue weighted by atomic mass is 10.0. The number of anilines is 1. The predicted octanol–water partition coefficient (Wildman–Crippen LogP) is 5.65. The topological polar surface area (TPSA) is 33.3 Å². The van der Waals surface area contributed by atoms with Crippen molar-refractivity contribution in [3.05, 3.63) is 84.2 Å². The van der Waals surface area contributed by atoms with Gasteiger partial charge in [-0.05, 0) is 49.2 Å². The van der Waals surface area contributed by atoms with Crippen molar-refractivity contribution in [3.63, 3.8) is 0 Å². The van der Waals surface area contributed by atoms with Crippen LogP contribution in [0.1, 0.15) is 24.9 Å². The highest BCUT2D eigenvalue weighted by Gasteiger charge is 2.08. The average Bonchev–Trinajstić information content (AvgIpc) is 2.74. The van der Waals surface area contributed by atoms with Crippen LogP contribution in [-0.4, -0.2) is 20.2 Å². The molecule has 1 atom stereocenters. The zero-order valence-electron chi connectivity index (χ0n) is 16.4. The maximum atomic E-state index is 13.6. The Morgan fingerprint density at radius 2 is 1.61 bits per heavy atom. The third kappa shape index (κ3) is 5.11. The van der Waals surface area contributed by atoms with E-state index >= 15 is 0 Å². The summed E-state index contributed by atoms with van der Waals surface area (Å²) in [7, 11) is 1.69. The number of nitrogens with one attached hydrogen (secondary N) is 2. The number of hydrogen-bond donors (Lipinski definition) is 2. The van der Waals surface area contributed by atoms with Crippen molar-refractivity contribution in [1.29, 1.82) is 0 Å². The van der Waals surface area contributed by atoms with Crippen LogP contribution >= 0.6 is 0 Å². The second-order valence-electron chi connectivity index (χ2n) is 6.76. The van der Waals surface area contributed by atoms with Crippen LogP contribution in [0.15, 0.2) is 72.8 Å². The fourth-order valence-corrected chi connectivity index (χ4v) is 3.19. The van der Waals surface area contributed by atoms with Gasteiger partial charge in [0.05, 0.1) is 12.8 Å². The Hall–Kier alpha value is -2.85. The molecule has 0 spiro atoms. The number of halogens is 1. The predicted molar refractivity (Wildman–Crippen MR) is 114 cm³/mol. The molecular weight excluding hydrogens is 351 g/mol. The number of methoxy groups -OCH3 is 1. The lowest BCUT2D eigenvalue weighted by molar-refractivity contribution is 0.416. The van der Waals surface area contributed by atoms with Crippen LogP contribution in [0, 0.1) is 5.82 Å². The zero-order valence-corrected chi connectivity index (χ0v) is 16.4. The van der Waals surface area contributed by atoms with Gasteiger partial charge in [0.2, 0.25) is 0 Å². The molecule has 4 heteroatoms. The van der Waals surface area contributed by atoms with Gasteiger partial charge in [-0.15, -0.1) is 0 Å². The molecule has 3 aromatic rings. The van der Waals surface area contributed by atoms with E-state index < -0.39 is 0 Å². The molecule has 146 valence electrons. The summed E-state index contributed by atoms with van der Waals surface area (Å²) in [5.74, 6) is 0.669. The van der Waals surface area contributed by atoms with E-state index in [0.717, 1.165) is 36.4 Å². The molecule has 0 saturated heterocycles. The number of hydrogen-bond acceptors (Lipinski definition) is 3. The molecule has 3 rings (SSSR count). The third-order valence-electron chi connectivity index (χ3n) is 4.82. The van der Waals surface area contributed by atoms with Crippen LogP contribution in [0.5, 0.6) is 5.75 Å². The van der Waals surface area contributed by atoms with Crippen LogP contribution in [0.4, 0.5) is 10.1 Å². The normalized spacial score (nSPS) is 11.8. The first kappa shape index (κ1) is 19.9. The van der Waals surface area contributed by atoms with Gasteiger partial charge in [-0.3, -0.25) is 0 Å². The minimum absolute atomic E-state index is 0.209. The van der Waals surface area contributed by atoms with Gasteiger partial charge in [-0.1, -0.05) is 54.6 Å². The van der Waals surface area contributed by atoms with Crippen molar-refractivity contribution < 1.29 is 9.13 Å². The molecular formula is C24H27FN2O. The fraction of sp³-hybridized carbons (Fsp3) is 0.250. The van der Waals surface area contributed by atoms with Crippen molar-refractivity contribution in [3.8, 4) is 16.9 Å². The number of para-hydroxylation sites is 2. The third-order valence-corrected chi connectivity index (χ3v) is 4.82. The van der Waals surface area contributed by atoms with Crippen LogP contribution in [0.2, 0.25) is 0 Å². The Morgan fingerprint density at radius 1 is 0.893 bits per heavy atom. The quantitative estimate of drug-likeness (QED) is 0.472. The zero-order chi connectivity index (χ0) is 19.8. The summed E-state index contributed by atoms with van der Waals surface area (Å²) >= 11 is 0. The van der Waals surface area contributed by atoms with E-state index in [4.69, 9.17) is 4.74 Å². The molecule has 0 aliphatic heterocycles. The highest BCUT2D eigenvalue weighted by atomic mass is 19.1. The van der Waals surface area contributed by atoms with Gasteiger partial charge in [0.15, 0.2) is 0 Å². The SMILES string of the molecule is COc1ccccc1-c1ccc(C(C)NCCCNc2ccccc2F)cc1. The van der Waals surface area contributed by atoms with Crippen LogP contribution < -0.4 is 15.4 Å². The summed E-state index contributed by atoms with van der Waals surface area (Å²) in [6.07, 6.45) is 0.915. The van der Waals surface area contributed by atoms with Gasteiger partial charge in [0.1, 0.15) is 11.6 Å². The summed E-state index contributed by atoms with van der Waals surface area (Å²) in [4.78, 5) is 0. The van der Waals surface area contributed by atoms with E-state index in [9.17, 15) is 4.39 Å². The molecule has 2 N–H and O–H groups in total. The average molecular weight is 378 g/mol. The van der Waals surface area contributed by atoms with Crippen molar-refractivity contribution in [2.45, 2.75) is 19.4 Å². The number of rotatable bonds is 9. The monoisotopic (exact) mass is 378 g/mol. The van der Waals surface area contributed by atoms with E-state index in [0.29, 0.717) is 5.69 Å². The Kier molecular flexibility index (Phi) is 7.04. The Balaban J connectivity index is 1.48. The highest BCUT2D eigenvalue weighted by Crippen LogP contribution is 2.30. The highest BCUT2D eigenvalue weighted by molar-refractivity contribution is 5.70. The molecule has 1 unspecified atom stereocenters. The minimum atomic E-state index is -0.209. The first-order valence-corrected chi connectivity index (χ1v) is 9.64. The summed E-state index contributed by atoms with van der Waals surface area (Å²) in [5.41, 5.74) is 4.03. The Morgan fingerprint density at radius 3 is 2.36 bits per heavy atom. The molecule has 0 aromatic heterocycles. The van der Waals surface area contributed by atoms with Gasteiger partial charge in [-0.2, -0.15) is 0 Å². The molecule has 0 aliphatic carbocycles. The van der Waals surface area contributed by atoms with Crippen LogP contribution in [0.3, 0.4) is 0 Å². The lowest BCUT2D eigenvalue weighted by Crippen LogP contribution is -2.21. The molecule has 0 fully saturated rings. The standard InChI is InChI=1S/C24H27FN2O/c1-18(26-16-7-17-27-23-10-5-4-9-22(23)25)19-12-14-20(15-13-19)21-8-3-6-11-24(21)28-2/h3-6,8-15,18,26-27H,7,16-17H2,1-2H3. The molecule has 0 radical (unpaired) electrons. The van der Waals surface area contributed by atoms with Crippen molar-refractivity contribution in [2.24, 2.45) is 0 Å². The maximum Gasteiger partial charge on any atom is 0.146 e. The van der Waals surface area contributed by atoms with Crippen LogP contribution in [0.25, 0.3) is 11.1 Å². The molecule has 28 heavy (non-hydrogen) atoms. The van der Waals surface area contributed by atoms with Gasteiger partial charge in [0, 0.05) is 18.2 Å². The molecule has 3 aromatic carbocycles. The van der Waals surface area contributed by atoms with Crippen molar-refractivity contribution >= 4 is 5.69 Å². The smallest absolute Gasteiger partial charge is 0.146 e. The van der Waals surface area contributed by atoms with E-state index in [-0.39, 0.29) is 11.9 Å². The Labute approximate surface area is 166 Å². The number of ether oxygens (including phenoxy) is 1. The largest absolute Gasteiger partial charge is 0.496 e. The minimum Gasteiger partial charge on any atom is -0.496 e. The van der Waals surface area contributed by atoms with E-state index in [1.807, 2.05) is 24.3 Å². The van der Waals surface area contributed by atoms with Crippen molar-refractivity contribution in [1.82, 2.24) is 5.32 Å². The van der Waals surface area contributed by atoms with Gasteiger partial charge < -0.3 is 15.4 Å². The fourth-order valence-electron chi connectivity index (χ4n) is 3.19. The van der Waals surface area contributed by atoms with E-state index in [2.05, 4.69) is 47.9 Å². The summed E-state index contributed by atoms with van der Waals surface area (Å²) in [6, 6.07) is 23.6. The number of benzene rings is 3. The molecule has 3 nitrogen and oxygen atoms in total. The molecule has 0 heterocycles. The molecule has 0 aliphatic rings. The van der Waals surface area contributed by atoms with Gasteiger partial charge in [-0.25, -0.2) is 4.39 Å². The van der Waals surface area contributed by atoms with Gasteiger partial charge >= 0.3 is 0 Å². The van der Waals surface area contributed by atoms with E-state index in [1.165, 1.54) is 11.6 Å². The van der Waals surface area contributed by atoms with Crippen molar-refractivity contribution in [2.75, 3.05) is 25.5 Å². The molecule has 0 saturated carbocycles. The maximum absolute atomic E-state index is 13.6. The van der Waals surface area contributed by atoms with E-state index in [1.54, 1.807) is 19.2 Å². The first-order valence-electron chi connectivity index (χ1n) is 9.64. The first-order chi connectivity index (χ1) is 13.7.